The standard InChI is InChI=1S/C5H6F3N/c1-2-9-4-3-5(6,7)8/h2,4H,1,3H2/b9-4-. The molecule has 0 atom stereocenters. The summed E-state index contributed by atoms with van der Waals surface area (Å²) >= 11 is 0. The van der Waals surface area contributed by atoms with Crippen molar-refractivity contribution in [3.63, 3.8) is 0 Å². The van der Waals surface area contributed by atoms with Crippen LogP contribution >= 0.6 is 0 Å². The molecule has 1 nitrogen and oxygen atoms in total. The Morgan fingerprint density at radius 1 is 1.44 bits per heavy atom. The Bertz CT molecular complexity index is 114. The van der Waals surface area contributed by atoms with Gasteiger partial charge in [-0.3, -0.25) is 4.99 Å². The lowest BCUT2D eigenvalue weighted by Gasteiger charge is -1.98. The molecule has 52 valence electrons. The fourth-order valence-electron chi connectivity index (χ4n) is 0.231. The van der Waals surface area contributed by atoms with Crippen LogP contribution in [0.1, 0.15) is 6.42 Å². The fourth-order valence-corrected chi connectivity index (χ4v) is 0.231. The van der Waals surface area contributed by atoms with Crippen molar-refractivity contribution in [2.24, 2.45) is 4.99 Å². The number of hydrogen-bond acceptors (Lipinski definition) is 1. The number of rotatable bonds is 2. The summed E-state index contributed by atoms with van der Waals surface area (Å²) in [5, 5.41) is 0. The van der Waals surface area contributed by atoms with E-state index in [4.69, 9.17) is 0 Å². The lowest BCUT2D eigenvalue weighted by Crippen LogP contribution is -2.06. The van der Waals surface area contributed by atoms with Gasteiger partial charge in [0, 0.05) is 12.4 Å². The van der Waals surface area contributed by atoms with Crippen molar-refractivity contribution in [2.75, 3.05) is 0 Å². The van der Waals surface area contributed by atoms with E-state index >= 15 is 0 Å². The Labute approximate surface area is 50.9 Å². The Morgan fingerprint density at radius 2 is 2.00 bits per heavy atom. The first-order valence-corrected chi connectivity index (χ1v) is 2.25. The second-order valence-electron chi connectivity index (χ2n) is 1.33. The third-order valence-electron chi connectivity index (χ3n) is 0.534. The Hall–Kier alpha value is -0.800. The van der Waals surface area contributed by atoms with Gasteiger partial charge in [0.05, 0.1) is 6.42 Å². The molecule has 0 aromatic rings. The molecule has 0 radical (unpaired) electrons. The van der Waals surface area contributed by atoms with Gasteiger partial charge >= 0.3 is 6.18 Å². The van der Waals surface area contributed by atoms with Crippen LogP contribution in [0.2, 0.25) is 0 Å². The number of aliphatic imine (C=N–C) groups is 1. The van der Waals surface area contributed by atoms with E-state index < -0.39 is 12.6 Å². The second kappa shape index (κ2) is 3.27. The lowest BCUT2D eigenvalue weighted by molar-refractivity contribution is -0.120. The molecule has 0 aliphatic carbocycles. The van der Waals surface area contributed by atoms with Gasteiger partial charge in [0.25, 0.3) is 0 Å². The van der Waals surface area contributed by atoms with E-state index in [1.165, 1.54) is 0 Å². The maximum atomic E-state index is 11.3. The Kier molecular flexibility index (Phi) is 2.98. The van der Waals surface area contributed by atoms with Crippen LogP contribution in [-0.4, -0.2) is 12.4 Å². The third-order valence-corrected chi connectivity index (χ3v) is 0.534. The zero-order valence-electron chi connectivity index (χ0n) is 4.65. The summed E-state index contributed by atoms with van der Waals surface area (Å²) in [6.07, 6.45) is -3.30. The van der Waals surface area contributed by atoms with Gasteiger partial charge < -0.3 is 0 Å². The molecule has 4 heteroatoms. The zero-order valence-corrected chi connectivity index (χ0v) is 4.65. The first-order chi connectivity index (χ1) is 4.06. The largest absolute Gasteiger partial charge is 0.393 e. The predicted octanol–water partition coefficient (Wildman–Crippen LogP) is 2.15. The average molecular weight is 137 g/mol. The number of nitrogens with zero attached hydrogens (tertiary/aromatic N) is 1. The van der Waals surface area contributed by atoms with Crippen LogP contribution in [0.4, 0.5) is 13.2 Å². The van der Waals surface area contributed by atoms with Gasteiger partial charge in [0.2, 0.25) is 0 Å². The van der Waals surface area contributed by atoms with Gasteiger partial charge in [0.1, 0.15) is 0 Å². The van der Waals surface area contributed by atoms with Crippen LogP contribution in [0.25, 0.3) is 0 Å². The molecule has 0 aliphatic heterocycles. The van der Waals surface area contributed by atoms with Crippen molar-refractivity contribution >= 4 is 6.21 Å². The molecular formula is C5H6F3N. The number of halogens is 3. The monoisotopic (exact) mass is 137 g/mol. The van der Waals surface area contributed by atoms with Crippen LogP contribution < -0.4 is 0 Å². The number of hydrogen-bond donors (Lipinski definition) is 0. The van der Waals surface area contributed by atoms with Crippen molar-refractivity contribution in [1.29, 1.82) is 0 Å². The van der Waals surface area contributed by atoms with Crippen molar-refractivity contribution in [3.05, 3.63) is 12.8 Å². The quantitative estimate of drug-likeness (QED) is 0.517. The number of alkyl halides is 3. The highest BCUT2D eigenvalue weighted by Crippen LogP contribution is 2.17. The normalized spacial score (nSPS) is 12.3. The second-order valence-corrected chi connectivity index (χ2v) is 1.33. The maximum Gasteiger partial charge on any atom is 0.393 e. The molecule has 9 heavy (non-hydrogen) atoms. The first kappa shape index (κ1) is 8.20. The van der Waals surface area contributed by atoms with E-state index in [-0.39, 0.29) is 0 Å². The molecule has 0 aromatic carbocycles. The third kappa shape index (κ3) is 7.20. The fraction of sp³-hybridized carbons (Fsp3) is 0.400. The summed E-state index contributed by atoms with van der Waals surface area (Å²) in [5.41, 5.74) is 0. The SMILES string of the molecule is C=C/N=C\CC(F)(F)F. The Morgan fingerprint density at radius 3 is 2.33 bits per heavy atom. The highest BCUT2D eigenvalue weighted by atomic mass is 19.4. The van der Waals surface area contributed by atoms with E-state index in [1.54, 1.807) is 0 Å². The highest BCUT2D eigenvalue weighted by molar-refractivity contribution is 5.58. The van der Waals surface area contributed by atoms with Crippen LogP contribution in [0.15, 0.2) is 17.8 Å². The minimum atomic E-state index is -4.15. The summed E-state index contributed by atoms with van der Waals surface area (Å²) < 4.78 is 33.8. The van der Waals surface area contributed by atoms with Gasteiger partial charge in [0.15, 0.2) is 0 Å². The van der Waals surface area contributed by atoms with E-state index in [1.807, 2.05) is 0 Å². The van der Waals surface area contributed by atoms with Crippen molar-refractivity contribution in [1.82, 2.24) is 0 Å². The molecule has 0 aliphatic rings. The molecule has 0 fully saturated rings. The van der Waals surface area contributed by atoms with Crippen LogP contribution in [0, 0.1) is 0 Å². The molecule has 0 spiro atoms. The van der Waals surface area contributed by atoms with Crippen LogP contribution in [0.5, 0.6) is 0 Å². The highest BCUT2D eigenvalue weighted by Gasteiger charge is 2.24. The van der Waals surface area contributed by atoms with Gasteiger partial charge in [-0.05, 0) is 0 Å². The maximum absolute atomic E-state index is 11.3. The van der Waals surface area contributed by atoms with Gasteiger partial charge in [-0.2, -0.15) is 13.2 Å². The first-order valence-electron chi connectivity index (χ1n) is 2.25. The van der Waals surface area contributed by atoms with Crippen molar-refractivity contribution < 1.29 is 13.2 Å². The minimum Gasteiger partial charge on any atom is -0.269 e. The molecule has 0 heterocycles. The van der Waals surface area contributed by atoms with E-state index in [0.29, 0.717) is 0 Å². The molecular weight excluding hydrogens is 131 g/mol. The Balaban J connectivity index is 3.50. The van der Waals surface area contributed by atoms with E-state index in [0.717, 1.165) is 12.4 Å². The molecule has 0 unspecified atom stereocenters. The topological polar surface area (TPSA) is 12.4 Å². The molecule has 0 N–H and O–H groups in total. The summed E-state index contributed by atoms with van der Waals surface area (Å²) in [4.78, 5) is 3.18. The predicted molar refractivity (Wildman–Crippen MR) is 29.4 cm³/mol. The smallest absolute Gasteiger partial charge is 0.269 e. The summed E-state index contributed by atoms with van der Waals surface area (Å²) in [6, 6.07) is 0. The van der Waals surface area contributed by atoms with Crippen molar-refractivity contribution in [2.45, 2.75) is 12.6 Å². The average Bonchev–Trinajstić information content (AvgIpc) is 1.63. The van der Waals surface area contributed by atoms with Crippen LogP contribution in [0.3, 0.4) is 0 Å². The molecule has 0 saturated heterocycles. The summed E-state index contributed by atoms with van der Waals surface area (Å²) in [6.45, 7) is 3.11. The van der Waals surface area contributed by atoms with E-state index in [2.05, 4.69) is 11.6 Å². The van der Waals surface area contributed by atoms with Crippen LogP contribution in [-0.2, 0) is 0 Å². The molecule has 0 bridgehead atoms. The molecule has 0 aromatic heterocycles. The van der Waals surface area contributed by atoms with Gasteiger partial charge in [-0.1, -0.05) is 6.58 Å². The molecule has 0 saturated carbocycles. The molecule has 0 amide bonds. The zero-order chi connectivity index (χ0) is 7.33. The minimum absolute atomic E-state index is 0.771. The molecule has 0 rings (SSSR count). The summed E-state index contributed by atoms with van der Waals surface area (Å²) in [7, 11) is 0. The van der Waals surface area contributed by atoms with Crippen molar-refractivity contribution in [3.8, 4) is 0 Å². The van der Waals surface area contributed by atoms with E-state index in [9.17, 15) is 13.2 Å². The van der Waals surface area contributed by atoms with Gasteiger partial charge in [-0.25, -0.2) is 0 Å². The van der Waals surface area contributed by atoms with Gasteiger partial charge in [-0.15, -0.1) is 0 Å². The summed E-state index contributed by atoms with van der Waals surface area (Å²) in [5.74, 6) is 0. The lowest BCUT2D eigenvalue weighted by atomic mass is 10.5.